The molecule has 0 radical (unpaired) electrons. The fourth-order valence-corrected chi connectivity index (χ4v) is 10.9. The molecule has 0 spiro atoms. The molecule has 0 unspecified atom stereocenters. The molecule has 1 aliphatic heterocycles. The van der Waals surface area contributed by atoms with Crippen LogP contribution in [0.15, 0.2) is 12.2 Å². The summed E-state index contributed by atoms with van der Waals surface area (Å²) in [6, 6.07) is 0. The van der Waals surface area contributed by atoms with E-state index in [4.69, 9.17) is 9.47 Å². The minimum absolute atomic E-state index is 0.0406. The molecule has 1 heterocycles. The van der Waals surface area contributed by atoms with Crippen LogP contribution in [0.1, 0.15) is 106 Å². The Hall–Kier alpha value is -0.500. The van der Waals surface area contributed by atoms with Crippen LogP contribution in [0.4, 0.5) is 0 Å². The van der Waals surface area contributed by atoms with Crippen LogP contribution in [0.25, 0.3) is 0 Å². The Balaban J connectivity index is 1.23. The Kier molecular flexibility index (Phi) is 9.71. The number of aliphatic hydroxyl groups is 4. The van der Waals surface area contributed by atoms with Crippen molar-refractivity contribution in [2.24, 2.45) is 58.2 Å². The van der Waals surface area contributed by atoms with Crippen molar-refractivity contribution in [2.75, 3.05) is 6.61 Å². The first-order valence-corrected chi connectivity index (χ1v) is 17.1. The van der Waals surface area contributed by atoms with Crippen molar-refractivity contribution in [3.05, 3.63) is 12.2 Å². The average Bonchev–Trinajstić information content (AvgIpc) is 3.30. The van der Waals surface area contributed by atoms with Crippen LogP contribution in [0.2, 0.25) is 0 Å². The van der Waals surface area contributed by atoms with E-state index in [0.717, 1.165) is 42.9 Å². The summed E-state index contributed by atoms with van der Waals surface area (Å²) in [4.78, 5) is 0. The lowest BCUT2D eigenvalue weighted by molar-refractivity contribution is -0.316. The highest BCUT2D eigenvalue weighted by molar-refractivity contribution is 5.11. The molecule has 1 saturated heterocycles. The minimum atomic E-state index is -1.39. The molecule has 0 amide bonds. The summed E-state index contributed by atoms with van der Waals surface area (Å²) >= 11 is 0. The number of hydrogen-bond donors (Lipinski definition) is 4. The Morgan fingerprint density at radius 1 is 0.854 bits per heavy atom. The highest BCUT2D eigenvalue weighted by Crippen LogP contribution is 2.68. The lowest BCUT2D eigenvalue weighted by Crippen LogP contribution is -2.60. The standard InChI is InChI=1S/C35H60O6/c1-7-22(20(2)3)9-8-21(4)26-12-13-27-25-11-10-23-18-24(14-16-34(23,5)28(25)15-17-35(26,27)6)40-33-32(39)31(38)30(37)29(19-36)41-33/h8-9,20-33,36-39H,7,10-19H2,1-6H3/b9-8+/t21-,22+,23-,24+,25+,26-,27-,28+,29+,30-,31-,32-,33-,34+,35-/m1/s1. The van der Waals surface area contributed by atoms with Gasteiger partial charge in [0, 0.05) is 0 Å². The molecule has 4 N–H and O–H groups in total. The SMILES string of the molecule is CC[C@@H](/C=C/[C@@H](C)[C@H]1CC[C@@H]2[C@@H]3CC[C@@H]4C[C@@H](O[C@@H]5O[C@@H](CO)[C@@H](O)[C@@H](O)[C@H]5O)CC[C@]4(C)[C@H]3CC[C@@]21C)C(C)C. The largest absolute Gasteiger partial charge is 0.394 e. The first-order valence-electron chi connectivity index (χ1n) is 17.1. The van der Waals surface area contributed by atoms with Gasteiger partial charge in [-0.25, -0.2) is 0 Å². The first-order chi connectivity index (χ1) is 19.4. The quantitative estimate of drug-likeness (QED) is 0.218. The van der Waals surface area contributed by atoms with E-state index in [1.54, 1.807) is 0 Å². The van der Waals surface area contributed by atoms with Gasteiger partial charge in [0.05, 0.1) is 12.7 Å². The smallest absolute Gasteiger partial charge is 0.186 e. The molecule has 5 rings (SSSR count). The van der Waals surface area contributed by atoms with Gasteiger partial charge in [-0.05, 0) is 122 Å². The minimum Gasteiger partial charge on any atom is -0.394 e. The molecule has 4 saturated carbocycles. The third-order valence-electron chi connectivity index (χ3n) is 13.5. The highest BCUT2D eigenvalue weighted by atomic mass is 16.7. The normalized spacial score (nSPS) is 49.9. The van der Waals surface area contributed by atoms with E-state index >= 15 is 0 Å². The summed E-state index contributed by atoms with van der Waals surface area (Å²) < 4.78 is 11.9. The second kappa shape index (κ2) is 12.5. The highest BCUT2D eigenvalue weighted by Gasteiger charge is 2.60. The Morgan fingerprint density at radius 2 is 1.56 bits per heavy atom. The van der Waals surface area contributed by atoms with Crippen molar-refractivity contribution in [2.45, 2.75) is 143 Å². The van der Waals surface area contributed by atoms with Gasteiger partial charge in [-0.2, -0.15) is 0 Å². The van der Waals surface area contributed by atoms with Crippen LogP contribution in [-0.2, 0) is 9.47 Å². The van der Waals surface area contributed by atoms with Gasteiger partial charge in [0.1, 0.15) is 24.4 Å². The van der Waals surface area contributed by atoms with E-state index in [1.807, 2.05) is 0 Å². The van der Waals surface area contributed by atoms with E-state index in [9.17, 15) is 20.4 Å². The molecular formula is C35H60O6. The van der Waals surface area contributed by atoms with Crippen molar-refractivity contribution in [1.29, 1.82) is 0 Å². The lowest BCUT2D eigenvalue weighted by atomic mass is 9.44. The number of allylic oxidation sites excluding steroid dienone is 2. The second-order valence-corrected chi connectivity index (χ2v) is 15.7. The van der Waals surface area contributed by atoms with E-state index in [1.165, 1.54) is 44.9 Å². The van der Waals surface area contributed by atoms with Crippen molar-refractivity contribution in [1.82, 2.24) is 0 Å². The maximum Gasteiger partial charge on any atom is 0.186 e. The van der Waals surface area contributed by atoms with Crippen LogP contribution in [-0.4, -0.2) is 63.8 Å². The summed E-state index contributed by atoms with van der Waals surface area (Å²) in [5, 5.41) is 40.4. The predicted octanol–water partition coefficient (Wildman–Crippen LogP) is 5.70. The Morgan fingerprint density at radius 3 is 2.24 bits per heavy atom. The summed E-state index contributed by atoms with van der Waals surface area (Å²) in [5.41, 5.74) is 0.784. The molecule has 0 aromatic carbocycles. The maximum atomic E-state index is 10.5. The molecule has 5 fully saturated rings. The van der Waals surface area contributed by atoms with Gasteiger partial charge in [0.2, 0.25) is 0 Å². The fraction of sp³-hybridized carbons (Fsp3) is 0.943. The van der Waals surface area contributed by atoms with Crippen LogP contribution < -0.4 is 0 Å². The third-order valence-corrected chi connectivity index (χ3v) is 13.5. The van der Waals surface area contributed by atoms with Crippen molar-refractivity contribution in [3.63, 3.8) is 0 Å². The van der Waals surface area contributed by atoms with E-state index in [2.05, 4.69) is 53.7 Å². The van der Waals surface area contributed by atoms with Crippen molar-refractivity contribution in [3.8, 4) is 0 Å². The molecule has 236 valence electrons. The van der Waals surface area contributed by atoms with E-state index in [-0.39, 0.29) is 6.10 Å². The molecule has 0 aromatic heterocycles. The summed E-state index contributed by atoms with van der Waals surface area (Å²) in [7, 11) is 0. The average molecular weight is 577 g/mol. The van der Waals surface area contributed by atoms with Gasteiger partial charge < -0.3 is 29.9 Å². The molecule has 5 aliphatic rings. The molecule has 0 bridgehead atoms. The number of hydrogen-bond acceptors (Lipinski definition) is 6. The van der Waals surface area contributed by atoms with Crippen LogP contribution in [0.5, 0.6) is 0 Å². The molecule has 41 heavy (non-hydrogen) atoms. The molecule has 6 heteroatoms. The van der Waals surface area contributed by atoms with Crippen molar-refractivity contribution >= 4 is 0 Å². The van der Waals surface area contributed by atoms with Crippen LogP contribution >= 0.6 is 0 Å². The number of aliphatic hydroxyl groups excluding tert-OH is 4. The van der Waals surface area contributed by atoms with Crippen LogP contribution in [0, 0.1) is 58.2 Å². The lowest BCUT2D eigenvalue weighted by Gasteiger charge is -2.61. The zero-order valence-electron chi connectivity index (χ0n) is 26.6. The zero-order chi connectivity index (χ0) is 29.7. The fourth-order valence-electron chi connectivity index (χ4n) is 10.9. The van der Waals surface area contributed by atoms with Gasteiger partial charge in [0.25, 0.3) is 0 Å². The second-order valence-electron chi connectivity index (χ2n) is 15.7. The number of fused-ring (bicyclic) bond motifs is 5. The van der Waals surface area contributed by atoms with Crippen molar-refractivity contribution < 1.29 is 29.9 Å². The van der Waals surface area contributed by atoms with Gasteiger partial charge in [-0.1, -0.05) is 53.7 Å². The van der Waals surface area contributed by atoms with E-state index in [0.29, 0.717) is 34.5 Å². The first kappa shape index (κ1) is 31.9. The monoisotopic (exact) mass is 576 g/mol. The van der Waals surface area contributed by atoms with Gasteiger partial charge >= 0.3 is 0 Å². The number of rotatable bonds is 8. The predicted molar refractivity (Wildman–Crippen MR) is 161 cm³/mol. The van der Waals surface area contributed by atoms with Gasteiger partial charge in [-0.15, -0.1) is 0 Å². The zero-order valence-corrected chi connectivity index (χ0v) is 26.6. The topological polar surface area (TPSA) is 99.4 Å². The molecule has 0 aromatic rings. The summed E-state index contributed by atoms with van der Waals surface area (Å²) in [6.45, 7) is 14.3. The van der Waals surface area contributed by atoms with Gasteiger partial charge in [0.15, 0.2) is 6.29 Å². The van der Waals surface area contributed by atoms with Gasteiger partial charge in [-0.3, -0.25) is 0 Å². The molecular weight excluding hydrogens is 516 g/mol. The summed E-state index contributed by atoms with van der Waals surface area (Å²) in [5.74, 6) is 5.89. The molecule has 4 aliphatic carbocycles. The Labute approximate surface area is 249 Å². The third kappa shape index (κ3) is 5.73. The molecule has 15 atom stereocenters. The number of ether oxygens (including phenoxy) is 2. The Bertz CT molecular complexity index is 905. The molecule has 6 nitrogen and oxygen atoms in total. The van der Waals surface area contributed by atoms with E-state index < -0.39 is 37.3 Å². The maximum absolute atomic E-state index is 10.5. The van der Waals surface area contributed by atoms with Crippen LogP contribution in [0.3, 0.4) is 0 Å². The summed E-state index contributed by atoms with van der Waals surface area (Å²) in [6.07, 6.45) is 11.3.